The van der Waals surface area contributed by atoms with E-state index < -0.39 is 12.1 Å². The van der Waals surface area contributed by atoms with Crippen LogP contribution in [0.5, 0.6) is 0 Å². The quantitative estimate of drug-likeness (QED) is 0.766. The molecule has 3 N–H and O–H groups in total. The summed E-state index contributed by atoms with van der Waals surface area (Å²) < 4.78 is 14.6. The number of pyridine rings is 2. The van der Waals surface area contributed by atoms with Crippen molar-refractivity contribution in [2.45, 2.75) is 12.6 Å². The van der Waals surface area contributed by atoms with Crippen molar-refractivity contribution in [3.63, 3.8) is 0 Å². The number of rotatable bonds is 3. The third kappa shape index (κ3) is 2.55. The number of nitrogens with zero attached hydrogens (tertiary/aromatic N) is 4. The standard InChI is InChI=1S/C16H15FN6O/c1-23-7-9(5-20-23)13-2-8-3-14(19-6-11(8)15(18)21-13)22-16(24)10-4-12(10)17/h2-3,5-7,10,12H,4H2,1H3,(H2,18,21)(H,19,22,24)/t10-,12+/m1/s1. The predicted octanol–water partition coefficient (Wildman–Crippen LogP) is 1.91. The van der Waals surface area contributed by atoms with E-state index >= 15 is 0 Å². The maximum absolute atomic E-state index is 13.0. The highest BCUT2D eigenvalue weighted by atomic mass is 19.1. The topological polar surface area (TPSA) is 98.7 Å². The molecule has 0 aliphatic heterocycles. The lowest BCUT2D eigenvalue weighted by atomic mass is 10.1. The number of nitrogens with two attached hydrogens (primary N) is 1. The molecule has 1 aliphatic rings. The molecule has 0 spiro atoms. The van der Waals surface area contributed by atoms with Gasteiger partial charge in [-0.05, 0) is 23.9 Å². The predicted molar refractivity (Wildman–Crippen MR) is 87.8 cm³/mol. The number of hydrogen-bond acceptors (Lipinski definition) is 5. The summed E-state index contributed by atoms with van der Waals surface area (Å²) in [5, 5.41) is 8.25. The summed E-state index contributed by atoms with van der Waals surface area (Å²) in [5.41, 5.74) is 7.54. The molecule has 1 aliphatic carbocycles. The Morgan fingerprint density at radius 2 is 2.21 bits per heavy atom. The fourth-order valence-corrected chi connectivity index (χ4v) is 2.60. The van der Waals surface area contributed by atoms with Crippen molar-refractivity contribution >= 4 is 28.3 Å². The summed E-state index contributed by atoms with van der Waals surface area (Å²) in [4.78, 5) is 20.4. The van der Waals surface area contributed by atoms with Gasteiger partial charge in [-0.1, -0.05) is 0 Å². The molecule has 0 radical (unpaired) electrons. The maximum Gasteiger partial charge on any atom is 0.231 e. The van der Waals surface area contributed by atoms with Gasteiger partial charge in [-0.25, -0.2) is 14.4 Å². The van der Waals surface area contributed by atoms with Crippen LogP contribution in [0.3, 0.4) is 0 Å². The van der Waals surface area contributed by atoms with Crippen molar-refractivity contribution in [2.75, 3.05) is 11.1 Å². The first-order valence-electron chi connectivity index (χ1n) is 7.51. The van der Waals surface area contributed by atoms with E-state index in [1.54, 1.807) is 23.1 Å². The molecule has 24 heavy (non-hydrogen) atoms. The lowest BCUT2D eigenvalue weighted by Crippen LogP contribution is -2.15. The minimum absolute atomic E-state index is 0.279. The molecule has 4 rings (SSSR count). The third-order valence-corrected chi connectivity index (χ3v) is 4.05. The van der Waals surface area contributed by atoms with Crippen LogP contribution < -0.4 is 11.1 Å². The van der Waals surface area contributed by atoms with E-state index in [9.17, 15) is 9.18 Å². The van der Waals surface area contributed by atoms with E-state index in [0.717, 1.165) is 10.9 Å². The molecule has 0 aromatic carbocycles. The number of anilines is 2. The van der Waals surface area contributed by atoms with Gasteiger partial charge in [0.25, 0.3) is 0 Å². The van der Waals surface area contributed by atoms with Crippen LogP contribution >= 0.6 is 0 Å². The summed E-state index contributed by atoms with van der Waals surface area (Å²) in [6.07, 6.45) is 4.34. The Balaban J connectivity index is 1.70. The molecule has 8 heteroatoms. The zero-order valence-electron chi connectivity index (χ0n) is 12.9. The smallest absolute Gasteiger partial charge is 0.231 e. The largest absolute Gasteiger partial charge is 0.383 e. The van der Waals surface area contributed by atoms with Crippen molar-refractivity contribution in [1.82, 2.24) is 19.7 Å². The molecule has 1 saturated carbocycles. The molecule has 1 fully saturated rings. The van der Waals surface area contributed by atoms with Crippen LogP contribution in [-0.2, 0) is 11.8 Å². The number of alkyl halides is 1. The Kier molecular flexibility index (Phi) is 3.19. The summed E-state index contributed by atoms with van der Waals surface area (Å²) in [5.74, 6) is -0.183. The molecule has 0 bridgehead atoms. The van der Waals surface area contributed by atoms with Gasteiger partial charge in [0.05, 0.1) is 17.8 Å². The van der Waals surface area contributed by atoms with Gasteiger partial charge in [0.15, 0.2) is 0 Å². The number of aromatic nitrogens is 4. The molecule has 3 heterocycles. The highest BCUT2D eigenvalue weighted by molar-refractivity contribution is 5.98. The number of hydrogen-bond donors (Lipinski definition) is 2. The van der Waals surface area contributed by atoms with Gasteiger partial charge >= 0.3 is 0 Å². The summed E-state index contributed by atoms with van der Waals surface area (Å²) >= 11 is 0. The first-order valence-corrected chi connectivity index (χ1v) is 7.51. The highest BCUT2D eigenvalue weighted by Gasteiger charge is 2.43. The van der Waals surface area contributed by atoms with Gasteiger partial charge in [-0.15, -0.1) is 0 Å². The summed E-state index contributed by atoms with van der Waals surface area (Å²) in [7, 11) is 1.82. The van der Waals surface area contributed by atoms with E-state index in [0.29, 0.717) is 22.7 Å². The average molecular weight is 326 g/mol. The number of halogens is 1. The molecular formula is C16H15FN6O. The van der Waals surface area contributed by atoms with Gasteiger partial charge in [0.2, 0.25) is 5.91 Å². The molecule has 1 amide bonds. The first-order chi connectivity index (χ1) is 11.5. The molecular weight excluding hydrogens is 311 g/mol. The van der Waals surface area contributed by atoms with Crippen LogP contribution in [0.2, 0.25) is 0 Å². The van der Waals surface area contributed by atoms with Crippen LogP contribution in [0.15, 0.2) is 30.7 Å². The van der Waals surface area contributed by atoms with Crippen LogP contribution in [0, 0.1) is 5.92 Å². The SMILES string of the molecule is Cn1cc(-c2cc3cc(NC(=O)[C@@H]4C[C@@H]4F)ncc3c(N)n2)cn1. The Morgan fingerprint density at radius 3 is 2.88 bits per heavy atom. The number of carbonyl (C=O) groups is 1. The minimum atomic E-state index is -1.04. The lowest BCUT2D eigenvalue weighted by molar-refractivity contribution is -0.117. The van der Waals surface area contributed by atoms with Crippen molar-refractivity contribution in [2.24, 2.45) is 13.0 Å². The van der Waals surface area contributed by atoms with Crippen molar-refractivity contribution < 1.29 is 9.18 Å². The summed E-state index contributed by atoms with van der Waals surface area (Å²) in [6.45, 7) is 0. The van der Waals surface area contributed by atoms with Crippen LogP contribution in [0.25, 0.3) is 22.0 Å². The summed E-state index contributed by atoms with van der Waals surface area (Å²) in [6, 6.07) is 3.57. The minimum Gasteiger partial charge on any atom is -0.383 e. The second-order valence-corrected chi connectivity index (χ2v) is 5.93. The Labute approximate surface area is 136 Å². The van der Waals surface area contributed by atoms with Crippen molar-refractivity contribution in [3.8, 4) is 11.3 Å². The van der Waals surface area contributed by atoms with Crippen LogP contribution in [0.4, 0.5) is 16.0 Å². The normalized spacial score (nSPS) is 19.4. The zero-order chi connectivity index (χ0) is 16.8. The van der Waals surface area contributed by atoms with Crippen LogP contribution in [-0.4, -0.2) is 31.8 Å². The van der Waals surface area contributed by atoms with E-state index in [1.807, 2.05) is 19.3 Å². The fraction of sp³-hybridized carbons (Fsp3) is 0.250. The Bertz CT molecular complexity index is 953. The van der Waals surface area contributed by atoms with Gasteiger partial charge in [-0.3, -0.25) is 9.48 Å². The first kappa shape index (κ1) is 14.6. The Morgan fingerprint density at radius 1 is 1.42 bits per heavy atom. The molecule has 3 aromatic heterocycles. The molecule has 122 valence electrons. The molecule has 0 unspecified atom stereocenters. The zero-order valence-corrected chi connectivity index (χ0v) is 12.9. The third-order valence-electron chi connectivity index (χ3n) is 4.05. The van der Waals surface area contributed by atoms with Gasteiger partial charge in [0.1, 0.15) is 17.8 Å². The van der Waals surface area contributed by atoms with Gasteiger partial charge in [-0.2, -0.15) is 5.10 Å². The Hall–Kier alpha value is -3.03. The number of nitrogens with one attached hydrogen (secondary N) is 1. The average Bonchev–Trinajstić information content (AvgIpc) is 3.12. The van der Waals surface area contributed by atoms with Crippen LogP contribution in [0.1, 0.15) is 6.42 Å². The number of aryl methyl sites for hydroxylation is 1. The second kappa shape index (κ2) is 5.26. The fourth-order valence-electron chi connectivity index (χ4n) is 2.60. The monoisotopic (exact) mass is 326 g/mol. The van der Waals surface area contributed by atoms with Crippen molar-refractivity contribution in [3.05, 3.63) is 30.7 Å². The maximum atomic E-state index is 13.0. The molecule has 3 aromatic rings. The lowest BCUT2D eigenvalue weighted by Gasteiger charge is -2.08. The van der Waals surface area contributed by atoms with Gasteiger partial charge in [0, 0.05) is 30.4 Å². The number of nitrogen functional groups attached to an aromatic ring is 1. The number of fused-ring (bicyclic) bond motifs is 1. The van der Waals surface area contributed by atoms with E-state index in [4.69, 9.17) is 5.73 Å². The van der Waals surface area contributed by atoms with Crippen molar-refractivity contribution in [1.29, 1.82) is 0 Å². The molecule has 2 atom stereocenters. The van der Waals surface area contributed by atoms with E-state index in [-0.39, 0.29) is 12.3 Å². The van der Waals surface area contributed by atoms with E-state index in [1.165, 1.54) is 0 Å². The number of carbonyl (C=O) groups excluding carboxylic acids is 1. The highest BCUT2D eigenvalue weighted by Crippen LogP contribution is 2.35. The van der Waals surface area contributed by atoms with E-state index in [2.05, 4.69) is 20.4 Å². The second-order valence-electron chi connectivity index (χ2n) is 5.93. The molecule has 7 nitrogen and oxygen atoms in total. The number of amides is 1. The van der Waals surface area contributed by atoms with Gasteiger partial charge < -0.3 is 11.1 Å². The molecule has 0 saturated heterocycles.